The van der Waals surface area contributed by atoms with E-state index in [4.69, 9.17) is 47.4 Å². The van der Waals surface area contributed by atoms with Gasteiger partial charge < -0.3 is 47.4 Å². The van der Waals surface area contributed by atoms with Crippen LogP contribution in [0.25, 0.3) is 0 Å². The molecule has 2 atom stereocenters. The van der Waals surface area contributed by atoms with Gasteiger partial charge >= 0.3 is 11.9 Å². The standard InChI is InChI=1S/C46H90O12/c1-5-7-9-11-13-15-17-19-21-23-25-27-29-55-43(45(47)57-41-39-53-37-35-51-33-31-49-3)44(46(48)58-42-40-54-38-36-52-34-32-50-4)56-30-28-26-24-22-20-18-16-14-12-10-8-6-2/h43-44H,5-42H2,1-4H3. The van der Waals surface area contributed by atoms with E-state index in [1.54, 1.807) is 14.2 Å². The maximum atomic E-state index is 13.5. The van der Waals surface area contributed by atoms with Gasteiger partial charge in [-0.2, -0.15) is 0 Å². The SMILES string of the molecule is CCCCCCCCCCCCCCOC(C(=O)OCCOCCOCCOC)C(OCCCCCCCCCCCCCC)C(=O)OCCOCCOCCOC. The van der Waals surface area contributed by atoms with E-state index in [9.17, 15) is 9.59 Å². The molecule has 0 saturated carbocycles. The van der Waals surface area contributed by atoms with Gasteiger partial charge in [0.05, 0.1) is 66.1 Å². The number of methoxy groups -OCH3 is 2. The molecule has 58 heavy (non-hydrogen) atoms. The van der Waals surface area contributed by atoms with Gasteiger partial charge in [-0.25, -0.2) is 9.59 Å². The molecule has 0 aliphatic carbocycles. The quantitative estimate of drug-likeness (QED) is 0.0428. The van der Waals surface area contributed by atoms with Crippen LogP contribution in [-0.4, -0.2) is 131 Å². The van der Waals surface area contributed by atoms with Crippen molar-refractivity contribution in [3.63, 3.8) is 0 Å². The molecule has 2 unspecified atom stereocenters. The molecule has 0 aromatic rings. The molecular weight excluding hydrogens is 744 g/mol. The van der Waals surface area contributed by atoms with E-state index >= 15 is 0 Å². The molecule has 12 heteroatoms. The van der Waals surface area contributed by atoms with Crippen molar-refractivity contribution in [1.29, 1.82) is 0 Å². The molecular formula is C46H90O12. The number of esters is 2. The highest BCUT2D eigenvalue weighted by Crippen LogP contribution is 2.16. The summed E-state index contributed by atoms with van der Waals surface area (Å²) >= 11 is 0. The molecule has 12 nitrogen and oxygen atoms in total. The van der Waals surface area contributed by atoms with E-state index in [0.717, 1.165) is 38.5 Å². The third-order valence-corrected chi connectivity index (χ3v) is 9.88. The number of ether oxygens (including phenoxy) is 10. The van der Waals surface area contributed by atoms with Gasteiger partial charge in [-0.3, -0.25) is 0 Å². The van der Waals surface area contributed by atoms with Gasteiger partial charge in [0, 0.05) is 27.4 Å². The normalized spacial score (nSPS) is 12.6. The molecule has 346 valence electrons. The second-order valence-electron chi connectivity index (χ2n) is 15.1. The van der Waals surface area contributed by atoms with Crippen molar-refractivity contribution in [1.82, 2.24) is 0 Å². The molecule has 0 aliphatic rings. The van der Waals surface area contributed by atoms with Crippen LogP contribution in [-0.2, 0) is 57.0 Å². The van der Waals surface area contributed by atoms with E-state index in [1.807, 2.05) is 0 Å². The van der Waals surface area contributed by atoms with E-state index in [-0.39, 0.29) is 26.4 Å². The first-order valence-corrected chi connectivity index (χ1v) is 23.5. The Morgan fingerprint density at radius 2 is 0.552 bits per heavy atom. The number of rotatable bonds is 49. The second kappa shape index (κ2) is 48.3. The average molecular weight is 835 g/mol. The van der Waals surface area contributed by atoms with Crippen LogP contribution in [0.5, 0.6) is 0 Å². The zero-order valence-electron chi connectivity index (χ0n) is 37.9. The van der Waals surface area contributed by atoms with Gasteiger partial charge in [-0.1, -0.05) is 155 Å². The Kier molecular flexibility index (Phi) is 47.1. The van der Waals surface area contributed by atoms with Gasteiger partial charge in [0.2, 0.25) is 0 Å². The van der Waals surface area contributed by atoms with Crippen LogP contribution < -0.4 is 0 Å². The highest BCUT2D eigenvalue weighted by atomic mass is 16.6. The minimum Gasteiger partial charge on any atom is -0.461 e. The lowest BCUT2D eigenvalue weighted by Gasteiger charge is -2.25. The molecule has 0 aromatic carbocycles. The zero-order chi connectivity index (χ0) is 42.3. The molecule has 0 N–H and O–H groups in total. The number of unbranched alkanes of at least 4 members (excludes halogenated alkanes) is 22. The van der Waals surface area contributed by atoms with E-state index in [1.165, 1.54) is 116 Å². The Labute approximate surface area is 355 Å². The maximum absolute atomic E-state index is 13.5. The molecule has 0 heterocycles. The number of carbonyl (C=O) groups excluding carboxylic acids is 2. The first kappa shape index (κ1) is 56.6. The van der Waals surface area contributed by atoms with E-state index in [2.05, 4.69) is 13.8 Å². The lowest BCUT2D eigenvalue weighted by Crippen LogP contribution is -2.46. The van der Waals surface area contributed by atoms with Crippen LogP contribution in [0.15, 0.2) is 0 Å². The third kappa shape index (κ3) is 40.0. The predicted molar refractivity (Wildman–Crippen MR) is 231 cm³/mol. The van der Waals surface area contributed by atoms with Crippen LogP contribution in [0, 0.1) is 0 Å². The minimum atomic E-state index is -1.26. The Morgan fingerprint density at radius 1 is 0.310 bits per heavy atom. The number of carbonyl (C=O) groups is 2. The molecule has 0 radical (unpaired) electrons. The van der Waals surface area contributed by atoms with Crippen molar-refractivity contribution in [3.8, 4) is 0 Å². The Balaban J connectivity index is 5.12. The van der Waals surface area contributed by atoms with Gasteiger partial charge in [-0.15, -0.1) is 0 Å². The molecule has 0 saturated heterocycles. The van der Waals surface area contributed by atoms with Gasteiger partial charge in [-0.05, 0) is 12.8 Å². The van der Waals surface area contributed by atoms with Crippen molar-refractivity contribution in [2.75, 3.05) is 107 Å². The highest BCUT2D eigenvalue weighted by molar-refractivity contribution is 5.85. The molecule has 0 fully saturated rings. The molecule has 0 aromatic heterocycles. The van der Waals surface area contributed by atoms with Crippen LogP contribution >= 0.6 is 0 Å². The van der Waals surface area contributed by atoms with Crippen molar-refractivity contribution in [2.45, 2.75) is 180 Å². The van der Waals surface area contributed by atoms with Crippen LogP contribution in [0.1, 0.15) is 168 Å². The lowest BCUT2D eigenvalue weighted by atomic mass is 10.1. The molecule has 0 aliphatic heterocycles. The summed E-state index contributed by atoms with van der Waals surface area (Å²) in [7, 11) is 3.24. The zero-order valence-corrected chi connectivity index (χ0v) is 37.9. The van der Waals surface area contributed by atoms with Crippen molar-refractivity contribution < 1.29 is 57.0 Å². The molecule has 0 spiro atoms. The van der Waals surface area contributed by atoms with Gasteiger partial charge in [0.15, 0.2) is 12.2 Å². The number of hydrogen-bond donors (Lipinski definition) is 0. The summed E-state index contributed by atoms with van der Waals surface area (Å²) in [5.41, 5.74) is 0. The van der Waals surface area contributed by atoms with Crippen LogP contribution in [0.2, 0.25) is 0 Å². The summed E-state index contributed by atoms with van der Waals surface area (Å²) in [6.45, 7) is 9.06. The average Bonchev–Trinajstić information content (AvgIpc) is 3.23. The fourth-order valence-electron chi connectivity index (χ4n) is 6.36. The van der Waals surface area contributed by atoms with Crippen molar-refractivity contribution in [2.24, 2.45) is 0 Å². The summed E-state index contributed by atoms with van der Waals surface area (Å²) < 4.78 is 55.3. The van der Waals surface area contributed by atoms with Gasteiger partial charge in [0.1, 0.15) is 13.2 Å². The first-order chi connectivity index (χ1) is 28.6. The largest absolute Gasteiger partial charge is 0.461 e. The fraction of sp³-hybridized carbons (Fsp3) is 0.957. The fourth-order valence-corrected chi connectivity index (χ4v) is 6.36. The molecule has 0 amide bonds. The van der Waals surface area contributed by atoms with Crippen molar-refractivity contribution >= 4 is 11.9 Å². The Hall–Kier alpha value is -1.38. The minimum absolute atomic E-state index is 0.0101. The number of hydrogen-bond acceptors (Lipinski definition) is 12. The first-order valence-electron chi connectivity index (χ1n) is 23.5. The lowest BCUT2D eigenvalue weighted by molar-refractivity contribution is -0.185. The topological polar surface area (TPSA) is 126 Å². The molecule has 0 bridgehead atoms. The highest BCUT2D eigenvalue weighted by Gasteiger charge is 2.38. The summed E-state index contributed by atoms with van der Waals surface area (Å²) in [4.78, 5) is 27.1. The smallest absolute Gasteiger partial charge is 0.338 e. The van der Waals surface area contributed by atoms with Crippen molar-refractivity contribution in [3.05, 3.63) is 0 Å². The summed E-state index contributed by atoms with van der Waals surface area (Å²) in [5, 5.41) is 0. The summed E-state index contributed by atoms with van der Waals surface area (Å²) in [6.07, 6.45) is 26.6. The van der Waals surface area contributed by atoms with Gasteiger partial charge in [0.25, 0.3) is 0 Å². The predicted octanol–water partition coefficient (Wildman–Crippen LogP) is 9.60. The Morgan fingerprint density at radius 3 is 0.828 bits per heavy atom. The third-order valence-electron chi connectivity index (χ3n) is 9.88. The monoisotopic (exact) mass is 835 g/mol. The summed E-state index contributed by atoms with van der Waals surface area (Å²) in [6, 6.07) is 0. The van der Waals surface area contributed by atoms with Crippen LogP contribution in [0.3, 0.4) is 0 Å². The molecule has 0 rings (SSSR count). The maximum Gasteiger partial charge on any atom is 0.338 e. The second-order valence-corrected chi connectivity index (χ2v) is 15.1. The Bertz CT molecular complexity index is 767. The van der Waals surface area contributed by atoms with Crippen LogP contribution in [0.4, 0.5) is 0 Å². The van der Waals surface area contributed by atoms with E-state index in [0.29, 0.717) is 66.1 Å². The summed E-state index contributed by atoms with van der Waals surface area (Å²) in [5.74, 6) is -1.33. The van der Waals surface area contributed by atoms with E-state index < -0.39 is 24.1 Å².